The number of aromatic nitrogens is 2. The fourth-order valence-electron chi connectivity index (χ4n) is 3.61. The van der Waals surface area contributed by atoms with E-state index in [0.29, 0.717) is 43.1 Å². The van der Waals surface area contributed by atoms with Crippen molar-refractivity contribution in [1.82, 2.24) is 25.1 Å². The van der Waals surface area contributed by atoms with Crippen LogP contribution in [0.2, 0.25) is 0 Å². The second kappa shape index (κ2) is 9.17. The van der Waals surface area contributed by atoms with Crippen molar-refractivity contribution in [3.63, 3.8) is 0 Å². The topological polar surface area (TPSA) is 105 Å². The van der Waals surface area contributed by atoms with Crippen LogP contribution in [0.5, 0.6) is 0 Å². The first kappa shape index (κ1) is 20.9. The highest BCUT2D eigenvalue weighted by atomic mass is 19.1. The van der Waals surface area contributed by atoms with Crippen molar-refractivity contribution in [3.05, 3.63) is 48.2 Å². The van der Waals surface area contributed by atoms with Gasteiger partial charge in [-0.05, 0) is 18.6 Å². The monoisotopic (exact) mass is 427 g/mol. The van der Waals surface area contributed by atoms with Gasteiger partial charge in [-0.1, -0.05) is 12.1 Å². The molecule has 0 aliphatic carbocycles. The minimum Gasteiger partial charge on any atom is -0.368 e. The predicted octanol–water partition coefficient (Wildman–Crippen LogP) is 1.51. The van der Waals surface area contributed by atoms with E-state index in [0.717, 1.165) is 4.90 Å². The molecule has 4 amide bonds. The van der Waals surface area contributed by atoms with E-state index in [1.807, 2.05) is 0 Å². The van der Waals surface area contributed by atoms with E-state index >= 15 is 0 Å². The summed E-state index contributed by atoms with van der Waals surface area (Å²) in [6.45, 7) is 1.35. The largest absolute Gasteiger partial charge is 0.368 e. The quantitative estimate of drug-likeness (QED) is 0.701. The second-order valence-electron chi connectivity index (χ2n) is 7.35. The molecule has 0 spiro atoms. The molecule has 10 heteroatoms. The average Bonchev–Trinajstić information content (AvgIpc) is 3.11. The SMILES string of the molecule is O=C(CCCN1C(=O)CNC1=O)N1CCOC(c2cncc(-c3cccc(F)c3)n2)C1. The normalized spacial score (nSPS) is 18.9. The number of imide groups is 1. The number of urea groups is 1. The smallest absolute Gasteiger partial charge is 0.324 e. The number of carbonyl (C=O) groups excluding carboxylic acids is 3. The van der Waals surface area contributed by atoms with Gasteiger partial charge in [-0.15, -0.1) is 0 Å². The van der Waals surface area contributed by atoms with Crippen LogP contribution in [0.1, 0.15) is 24.6 Å². The molecule has 3 heterocycles. The van der Waals surface area contributed by atoms with Gasteiger partial charge in [0.25, 0.3) is 0 Å². The lowest BCUT2D eigenvalue weighted by Gasteiger charge is -2.32. The Morgan fingerprint density at radius 1 is 1.29 bits per heavy atom. The Morgan fingerprint density at radius 2 is 2.16 bits per heavy atom. The molecule has 0 radical (unpaired) electrons. The Hall–Kier alpha value is -3.40. The third kappa shape index (κ3) is 4.85. The van der Waals surface area contributed by atoms with E-state index in [-0.39, 0.29) is 37.1 Å². The highest BCUT2D eigenvalue weighted by Gasteiger charge is 2.29. The molecule has 4 rings (SSSR count). The van der Waals surface area contributed by atoms with E-state index in [4.69, 9.17) is 4.74 Å². The summed E-state index contributed by atoms with van der Waals surface area (Å²) < 4.78 is 19.3. The maximum atomic E-state index is 13.5. The van der Waals surface area contributed by atoms with Crippen LogP contribution in [-0.2, 0) is 14.3 Å². The number of rotatable bonds is 6. The average molecular weight is 427 g/mol. The summed E-state index contributed by atoms with van der Waals surface area (Å²) in [4.78, 5) is 47.4. The number of halogens is 1. The summed E-state index contributed by atoms with van der Waals surface area (Å²) in [5.41, 5.74) is 1.70. The number of nitrogens with zero attached hydrogens (tertiary/aromatic N) is 4. The lowest BCUT2D eigenvalue weighted by atomic mass is 10.1. The predicted molar refractivity (Wildman–Crippen MR) is 107 cm³/mol. The molecule has 1 aromatic carbocycles. The van der Waals surface area contributed by atoms with Gasteiger partial charge in [0.05, 0.1) is 43.5 Å². The third-order valence-electron chi connectivity index (χ3n) is 5.23. The first-order valence-corrected chi connectivity index (χ1v) is 10.1. The van der Waals surface area contributed by atoms with Crippen LogP contribution in [0.4, 0.5) is 9.18 Å². The summed E-state index contributed by atoms with van der Waals surface area (Å²) in [5, 5.41) is 2.46. The fraction of sp³-hybridized carbons (Fsp3) is 0.381. The zero-order valence-corrected chi connectivity index (χ0v) is 16.8. The van der Waals surface area contributed by atoms with Gasteiger partial charge in [-0.2, -0.15) is 0 Å². The molecular formula is C21H22FN5O4. The van der Waals surface area contributed by atoms with Gasteiger partial charge in [0.2, 0.25) is 11.8 Å². The lowest BCUT2D eigenvalue weighted by Crippen LogP contribution is -2.42. The molecule has 2 fully saturated rings. The first-order valence-electron chi connectivity index (χ1n) is 10.1. The summed E-state index contributed by atoms with van der Waals surface area (Å²) in [5.74, 6) is -0.709. The van der Waals surface area contributed by atoms with Crippen LogP contribution in [0.3, 0.4) is 0 Å². The number of nitrogens with one attached hydrogen (secondary N) is 1. The lowest BCUT2D eigenvalue weighted by molar-refractivity contribution is -0.139. The third-order valence-corrected chi connectivity index (χ3v) is 5.23. The molecule has 2 aromatic rings. The summed E-state index contributed by atoms with van der Waals surface area (Å²) in [6.07, 6.45) is 3.32. The van der Waals surface area contributed by atoms with E-state index in [2.05, 4.69) is 15.3 Å². The van der Waals surface area contributed by atoms with Gasteiger partial charge in [0, 0.05) is 25.1 Å². The van der Waals surface area contributed by atoms with E-state index in [9.17, 15) is 18.8 Å². The van der Waals surface area contributed by atoms with Crippen LogP contribution in [0.25, 0.3) is 11.3 Å². The van der Waals surface area contributed by atoms with Crippen LogP contribution >= 0.6 is 0 Å². The molecule has 31 heavy (non-hydrogen) atoms. The Bertz CT molecular complexity index is 985. The molecule has 1 atom stereocenters. The van der Waals surface area contributed by atoms with Gasteiger partial charge >= 0.3 is 6.03 Å². The Kier molecular flexibility index (Phi) is 6.17. The minimum absolute atomic E-state index is 0.00758. The molecule has 2 aliphatic rings. The highest BCUT2D eigenvalue weighted by molar-refractivity contribution is 6.01. The molecule has 162 valence electrons. The Balaban J connectivity index is 1.36. The van der Waals surface area contributed by atoms with Crippen LogP contribution < -0.4 is 5.32 Å². The molecule has 9 nitrogen and oxygen atoms in total. The molecule has 1 N–H and O–H groups in total. The summed E-state index contributed by atoms with van der Waals surface area (Å²) in [6, 6.07) is 5.69. The molecule has 0 saturated carbocycles. The van der Waals surface area contributed by atoms with Crippen molar-refractivity contribution in [2.24, 2.45) is 0 Å². The van der Waals surface area contributed by atoms with Crippen molar-refractivity contribution < 1.29 is 23.5 Å². The molecule has 1 unspecified atom stereocenters. The van der Waals surface area contributed by atoms with Crippen molar-refractivity contribution in [2.45, 2.75) is 18.9 Å². The van der Waals surface area contributed by atoms with E-state index in [1.165, 1.54) is 12.1 Å². The number of hydrogen-bond donors (Lipinski definition) is 1. The van der Waals surface area contributed by atoms with Gasteiger partial charge in [0.1, 0.15) is 11.9 Å². The van der Waals surface area contributed by atoms with Crippen molar-refractivity contribution >= 4 is 17.8 Å². The maximum Gasteiger partial charge on any atom is 0.324 e. The number of morpholine rings is 1. The van der Waals surface area contributed by atoms with Gasteiger partial charge in [-0.3, -0.25) is 19.5 Å². The maximum absolute atomic E-state index is 13.5. The number of benzene rings is 1. The minimum atomic E-state index is -0.440. The van der Waals surface area contributed by atoms with E-state index < -0.39 is 12.1 Å². The highest BCUT2D eigenvalue weighted by Crippen LogP contribution is 2.24. The molecule has 1 aromatic heterocycles. The van der Waals surface area contributed by atoms with Gasteiger partial charge < -0.3 is 15.0 Å². The number of amides is 4. The second-order valence-corrected chi connectivity index (χ2v) is 7.35. The number of hydrogen-bond acceptors (Lipinski definition) is 6. The zero-order chi connectivity index (χ0) is 21.8. The fourth-order valence-corrected chi connectivity index (χ4v) is 3.61. The van der Waals surface area contributed by atoms with Crippen molar-refractivity contribution in [1.29, 1.82) is 0 Å². The van der Waals surface area contributed by atoms with Crippen LogP contribution in [0.15, 0.2) is 36.7 Å². The molecular weight excluding hydrogens is 405 g/mol. The molecule has 2 saturated heterocycles. The summed E-state index contributed by atoms with van der Waals surface area (Å²) in [7, 11) is 0. The van der Waals surface area contributed by atoms with Crippen molar-refractivity contribution in [3.8, 4) is 11.3 Å². The zero-order valence-electron chi connectivity index (χ0n) is 16.8. The van der Waals surface area contributed by atoms with Gasteiger partial charge in [0.15, 0.2) is 0 Å². The Labute approximate surface area is 178 Å². The van der Waals surface area contributed by atoms with Crippen LogP contribution in [-0.4, -0.2) is 70.4 Å². The van der Waals surface area contributed by atoms with Gasteiger partial charge in [-0.25, -0.2) is 14.2 Å². The molecule has 2 aliphatic heterocycles. The summed E-state index contributed by atoms with van der Waals surface area (Å²) >= 11 is 0. The van der Waals surface area contributed by atoms with Crippen LogP contribution in [0, 0.1) is 5.82 Å². The first-order chi connectivity index (χ1) is 15.0. The Morgan fingerprint density at radius 3 is 2.94 bits per heavy atom. The van der Waals surface area contributed by atoms with Crippen molar-refractivity contribution in [2.75, 3.05) is 32.8 Å². The van der Waals surface area contributed by atoms with E-state index in [1.54, 1.807) is 29.4 Å². The number of carbonyl (C=O) groups is 3. The number of ether oxygens (including phenoxy) is 1. The standard InChI is InChI=1S/C21H22FN5O4/c22-15-4-1-3-14(9-15)16-10-23-11-17(25-16)18-13-26(7-8-31-18)19(28)5-2-6-27-20(29)12-24-21(27)30/h1,3-4,9-11,18H,2,5-8,12-13H2,(H,24,30). The molecule has 0 bridgehead atoms.